The Kier molecular flexibility index (Phi) is 4.65. The topological polar surface area (TPSA) is 56.1 Å². The lowest BCUT2D eigenvalue weighted by atomic mass is 10.1. The average molecular weight is 299 g/mol. The molecule has 1 aliphatic carbocycles. The van der Waals surface area contributed by atoms with E-state index in [0.29, 0.717) is 25.7 Å². The molecular weight excluding hydrogens is 278 g/mol. The lowest BCUT2D eigenvalue weighted by Crippen LogP contribution is -2.31. The van der Waals surface area contributed by atoms with Gasteiger partial charge in [0.1, 0.15) is 0 Å². The maximum Gasteiger partial charge on any atom is 0.271 e. The molecule has 0 saturated heterocycles. The average Bonchev–Trinajstić information content (AvgIpc) is 3.38. The lowest BCUT2D eigenvalue weighted by Gasteiger charge is -2.11. The number of hydrogen-bond donors (Lipinski definition) is 1. The largest absolute Gasteiger partial charge is 0.383 e. The Morgan fingerprint density at radius 3 is 2.77 bits per heavy atom. The molecule has 3 rings (SSSR count). The van der Waals surface area contributed by atoms with E-state index in [4.69, 9.17) is 4.74 Å². The Morgan fingerprint density at radius 2 is 2.09 bits per heavy atom. The predicted molar refractivity (Wildman–Crippen MR) is 85.7 cm³/mol. The highest BCUT2D eigenvalue weighted by molar-refractivity contribution is 5.58. The molecule has 1 fully saturated rings. The molecule has 0 bridgehead atoms. The van der Waals surface area contributed by atoms with Crippen LogP contribution in [0, 0.1) is 0 Å². The van der Waals surface area contributed by atoms with Gasteiger partial charge in [0.15, 0.2) is 0 Å². The Hall–Kier alpha value is -1.98. The van der Waals surface area contributed by atoms with E-state index in [1.165, 1.54) is 17.5 Å². The van der Waals surface area contributed by atoms with Gasteiger partial charge in [0.2, 0.25) is 0 Å². The molecule has 22 heavy (non-hydrogen) atoms. The fourth-order valence-electron chi connectivity index (χ4n) is 2.34. The first-order valence-electron chi connectivity index (χ1n) is 7.66. The van der Waals surface area contributed by atoms with Gasteiger partial charge in [0, 0.05) is 30.8 Å². The van der Waals surface area contributed by atoms with E-state index in [1.807, 2.05) is 36.4 Å². The number of nitrogens with one attached hydrogen (secondary N) is 1. The Bertz CT molecular complexity index is 678. The first-order valence-corrected chi connectivity index (χ1v) is 7.66. The van der Waals surface area contributed by atoms with Crippen molar-refractivity contribution in [3.63, 3.8) is 0 Å². The summed E-state index contributed by atoms with van der Waals surface area (Å²) in [6, 6.07) is 12.4. The van der Waals surface area contributed by atoms with Crippen LogP contribution in [0.5, 0.6) is 0 Å². The van der Waals surface area contributed by atoms with Crippen LogP contribution in [0.15, 0.2) is 41.2 Å². The number of nitrogens with zero attached hydrogens (tertiary/aromatic N) is 2. The molecule has 1 N–H and O–H groups in total. The van der Waals surface area contributed by atoms with E-state index >= 15 is 0 Å². The Balaban J connectivity index is 1.94. The molecule has 1 heterocycles. The molecule has 0 aliphatic heterocycles. The van der Waals surface area contributed by atoms with Crippen LogP contribution >= 0.6 is 0 Å². The summed E-state index contributed by atoms with van der Waals surface area (Å²) in [7, 11) is 1.63. The zero-order chi connectivity index (χ0) is 15.4. The van der Waals surface area contributed by atoms with Gasteiger partial charge >= 0.3 is 0 Å². The number of rotatable bonds is 7. The molecule has 0 amide bonds. The van der Waals surface area contributed by atoms with Crippen molar-refractivity contribution in [2.24, 2.45) is 0 Å². The summed E-state index contributed by atoms with van der Waals surface area (Å²) in [5, 5.41) is 7.88. The van der Waals surface area contributed by atoms with Gasteiger partial charge in [-0.05, 0) is 18.9 Å². The van der Waals surface area contributed by atoms with Crippen LogP contribution in [0.3, 0.4) is 0 Å². The summed E-state index contributed by atoms with van der Waals surface area (Å²) in [5.41, 5.74) is 2.56. The molecule has 0 atom stereocenters. The van der Waals surface area contributed by atoms with Crippen molar-refractivity contribution in [1.29, 1.82) is 0 Å². The van der Waals surface area contributed by atoms with E-state index in [-0.39, 0.29) is 5.56 Å². The van der Waals surface area contributed by atoms with E-state index in [2.05, 4.69) is 10.4 Å². The molecule has 5 nitrogen and oxygen atoms in total. The third kappa shape index (κ3) is 3.61. The zero-order valence-corrected chi connectivity index (χ0v) is 12.8. The van der Waals surface area contributed by atoms with Crippen LogP contribution in [0.4, 0.5) is 0 Å². The van der Waals surface area contributed by atoms with Gasteiger partial charge in [-0.1, -0.05) is 30.3 Å². The number of benzene rings is 1. The second kappa shape index (κ2) is 6.85. The molecule has 1 aromatic carbocycles. The fourth-order valence-corrected chi connectivity index (χ4v) is 2.34. The molecule has 5 heteroatoms. The minimum absolute atomic E-state index is 0.0371. The van der Waals surface area contributed by atoms with E-state index in [1.54, 1.807) is 7.11 Å². The first kappa shape index (κ1) is 14.9. The first-order chi connectivity index (χ1) is 10.8. The van der Waals surface area contributed by atoms with Crippen LogP contribution in [0.25, 0.3) is 11.3 Å². The summed E-state index contributed by atoms with van der Waals surface area (Å²) >= 11 is 0. The van der Waals surface area contributed by atoms with Crippen LogP contribution < -0.4 is 10.9 Å². The number of hydrogen-bond acceptors (Lipinski definition) is 4. The van der Waals surface area contributed by atoms with Crippen molar-refractivity contribution >= 4 is 0 Å². The van der Waals surface area contributed by atoms with Crippen molar-refractivity contribution < 1.29 is 4.74 Å². The standard InChI is InChI=1S/C17H21N3O2/c1-22-10-9-20-17(21)14(12-18-15-7-8-15)11-16(19-20)13-5-3-2-4-6-13/h2-6,11,15,18H,7-10,12H2,1H3. The molecule has 0 spiro atoms. The second-order valence-corrected chi connectivity index (χ2v) is 5.60. The van der Waals surface area contributed by atoms with Crippen molar-refractivity contribution in [3.05, 3.63) is 52.3 Å². The second-order valence-electron chi connectivity index (χ2n) is 5.60. The van der Waals surface area contributed by atoms with Gasteiger partial charge in [-0.25, -0.2) is 4.68 Å². The summed E-state index contributed by atoms with van der Waals surface area (Å²) in [6.07, 6.45) is 2.41. The Morgan fingerprint density at radius 1 is 1.32 bits per heavy atom. The smallest absolute Gasteiger partial charge is 0.271 e. The van der Waals surface area contributed by atoms with Gasteiger partial charge in [-0.15, -0.1) is 0 Å². The van der Waals surface area contributed by atoms with Gasteiger partial charge in [0.05, 0.1) is 18.8 Å². The fraction of sp³-hybridized carbons (Fsp3) is 0.412. The van der Waals surface area contributed by atoms with Crippen LogP contribution in [0.1, 0.15) is 18.4 Å². The van der Waals surface area contributed by atoms with E-state index in [0.717, 1.165) is 16.8 Å². The molecule has 0 radical (unpaired) electrons. The van der Waals surface area contributed by atoms with Crippen molar-refractivity contribution in [2.75, 3.05) is 13.7 Å². The molecule has 1 aromatic heterocycles. The predicted octanol–water partition coefficient (Wildman–Crippen LogP) is 1.81. The third-order valence-corrected chi connectivity index (χ3v) is 3.78. The van der Waals surface area contributed by atoms with Crippen molar-refractivity contribution in [1.82, 2.24) is 15.1 Å². The van der Waals surface area contributed by atoms with Crippen molar-refractivity contribution in [3.8, 4) is 11.3 Å². The number of methoxy groups -OCH3 is 1. The monoisotopic (exact) mass is 299 g/mol. The minimum Gasteiger partial charge on any atom is -0.383 e. The minimum atomic E-state index is -0.0371. The molecule has 1 aliphatic rings. The zero-order valence-electron chi connectivity index (χ0n) is 12.8. The molecule has 2 aromatic rings. The van der Waals surface area contributed by atoms with Crippen LogP contribution in [-0.2, 0) is 17.8 Å². The molecule has 0 unspecified atom stereocenters. The molecule has 1 saturated carbocycles. The maximum absolute atomic E-state index is 12.5. The highest BCUT2D eigenvalue weighted by atomic mass is 16.5. The quantitative estimate of drug-likeness (QED) is 0.847. The van der Waals surface area contributed by atoms with Crippen LogP contribution in [-0.4, -0.2) is 29.5 Å². The highest BCUT2D eigenvalue weighted by Crippen LogP contribution is 2.20. The van der Waals surface area contributed by atoms with E-state index in [9.17, 15) is 4.79 Å². The number of ether oxygens (including phenoxy) is 1. The van der Waals surface area contributed by atoms with Gasteiger partial charge in [0.25, 0.3) is 5.56 Å². The summed E-state index contributed by atoms with van der Waals surface area (Å²) in [6.45, 7) is 1.53. The molecular formula is C17H21N3O2. The molecule has 116 valence electrons. The Labute approximate surface area is 129 Å². The van der Waals surface area contributed by atoms with Crippen molar-refractivity contribution in [2.45, 2.75) is 32.0 Å². The summed E-state index contributed by atoms with van der Waals surface area (Å²) < 4.78 is 6.59. The summed E-state index contributed by atoms with van der Waals surface area (Å²) in [5.74, 6) is 0. The maximum atomic E-state index is 12.5. The third-order valence-electron chi connectivity index (χ3n) is 3.78. The highest BCUT2D eigenvalue weighted by Gasteiger charge is 2.21. The van der Waals surface area contributed by atoms with Gasteiger partial charge in [-0.3, -0.25) is 4.79 Å². The lowest BCUT2D eigenvalue weighted by molar-refractivity contribution is 0.182. The van der Waals surface area contributed by atoms with E-state index < -0.39 is 0 Å². The summed E-state index contributed by atoms with van der Waals surface area (Å²) in [4.78, 5) is 12.5. The van der Waals surface area contributed by atoms with Gasteiger partial charge in [-0.2, -0.15) is 5.10 Å². The van der Waals surface area contributed by atoms with Crippen LogP contribution in [0.2, 0.25) is 0 Å². The van der Waals surface area contributed by atoms with Gasteiger partial charge < -0.3 is 10.1 Å². The normalized spacial score (nSPS) is 14.2. The number of aromatic nitrogens is 2. The SMILES string of the molecule is COCCn1nc(-c2ccccc2)cc(CNC2CC2)c1=O.